The minimum Gasteiger partial charge on any atom is -0.478 e. The van der Waals surface area contributed by atoms with Gasteiger partial charge in [0.1, 0.15) is 0 Å². The van der Waals surface area contributed by atoms with E-state index in [4.69, 9.17) is 5.11 Å². The summed E-state index contributed by atoms with van der Waals surface area (Å²) in [4.78, 5) is 10.9. The van der Waals surface area contributed by atoms with Crippen molar-refractivity contribution < 1.29 is 36.2 Å². The smallest absolute Gasteiger partial charge is 0.336 e. The average Bonchev–Trinajstić information content (AvgIpc) is 2.35. The lowest BCUT2D eigenvalue weighted by atomic mass is 9.95. The first-order valence-corrected chi connectivity index (χ1v) is 4.98. The molecule has 1 aromatic rings. The van der Waals surface area contributed by atoms with E-state index < -0.39 is 47.9 Å². The molecule has 2 nitrogen and oxygen atoms in total. The molecule has 8 heteroatoms. The highest BCUT2D eigenvalue weighted by Gasteiger charge is 2.33. The van der Waals surface area contributed by atoms with Gasteiger partial charge in [0.25, 0.3) is 12.9 Å². The lowest BCUT2D eigenvalue weighted by Crippen LogP contribution is -2.16. The van der Waals surface area contributed by atoms with E-state index in [0.717, 1.165) is 6.07 Å². The molecule has 0 aliphatic heterocycles. The standard InChI is InChI=1S/C11H8F6O2/c12-7(9(14)15)4-2-1-3-5(6(4)11(18)19)8(13)10(16)17/h1-3,7-10H,(H,18,19). The van der Waals surface area contributed by atoms with Crippen LogP contribution in [0.5, 0.6) is 0 Å². The number of alkyl halides is 6. The Balaban J connectivity index is 3.42. The third kappa shape index (κ3) is 3.18. The van der Waals surface area contributed by atoms with Gasteiger partial charge in [0.05, 0.1) is 5.56 Å². The fraction of sp³-hybridized carbons (Fsp3) is 0.364. The molecule has 0 aromatic heterocycles. The van der Waals surface area contributed by atoms with Crippen molar-refractivity contribution in [3.63, 3.8) is 0 Å². The van der Waals surface area contributed by atoms with Crippen molar-refractivity contribution in [2.75, 3.05) is 0 Å². The lowest BCUT2D eigenvalue weighted by Gasteiger charge is -2.16. The van der Waals surface area contributed by atoms with Crippen LogP contribution in [0.3, 0.4) is 0 Å². The number of carbonyl (C=O) groups is 1. The number of carboxylic acid groups (broad SMARTS) is 1. The van der Waals surface area contributed by atoms with Crippen molar-refractivity contribution in [3.05, 3.63) is 34.9 Å². The summed E-state index contributed by atoms with van der Waals surface area (Å²) in [5.74, 6) is -1.95. The maximum absolute atomic E-state index is 13.2. The summed E-state index contributed by atoms with van der Waals surface area (Å²) in [7, 11) is 0. The van der Waals surface area contributed by atoms with E-state index in [1.54, 1.807) is 0 Å². The molecular formula is C11H8F6O2. The Morgan fingerprint density at radius 2 is 1.26 bits per heavy atom. The number of hydrogen-bond donors (Lipinski definition) is 1. The minimum absolute atomic E-state index is 0.696. The molecule has 2 unspecified atom stereocenters. The molecule has 0 fully saturated rings. The Morgan fingerprint density at radius 3 is 1.53 bits per heavy atom. The fourth-order valence-corrected chi connectivity index (χ4v) is 1.57. The van der Waals surface area contributed by atoms with Gasteiger partial charge in [-0.2, -0.15) is 0 Å². The van der Waals surface area contributed by atoms with Gasteiger partial charge in [0.2, 0.25) is 0 Å². The zero-order valence-electron chi connectivity index (χ0n) is 9.16. The second-order valence-electron chi connectivity index (χ2n) is 3.59. The number of rotatable bonds is 5. The Hall–Kier alpha value is -1.73. The third-order valence-corrected chi connectivity index (χ3v) is 2.38. The van der Waals surface area contributed by atoms with Crippen molar-refractivity contribution in [1.29, 1.82) is 0 Å². The van der Waals surface area contributed by atoms with Gasteiger partial charge in [0.15, 0.2) is 12.3 Å². The van der Waals surface area contributed by atoms with Crippen molar-refractivity contribution in [3.8, 4) is 0 Å². The van der Waals surface area contributed by atoms with E-state index in [-0.39, 0.29) is 0 Å². The molecule has 0 saturated carbocycles. The first-order valence-electron chi connectivity index (χ1n) is 4.98. The minimum atomic E-state index is -3.54. The number of aromatic carboxylic acids is 1. The van der Waals surface area contributed by atoms with Crippen LogP contribution in [0.1, 0.15) is 33.8 Å². The maximum atomic E-state index is 13.2. The molecule has 2 atom stereocenters. The van der Waals surface area contributed by atoms with Crippen LogP contribution in [-0.2, 0) is 0 Å². The van der Waals surface area contributed by atoms with Gasteiger partial charge in [0, 0.05) is 11.1 Å². The van der Waals surface area contributed by atoms with Crippen LogP contribution in [0, 0.1) is 0 Å². The fourth-order valence-electron chi connectivity index (χ4n) is 1.57. The molecule has 0 saturated heterocycles. The third-order valence-electron chi connectivity index (χ3n) is 2.38. The molecule has 106 valence electrons. The summed E-state index contributed by atoms with van der Waals surface area (Å²) in [6.07, 6.45) is -13.1. The zero-order chi connectivity index (χ0) is 14.7. The van der Waals surface area contributed by atoms with Crippen molar-refractivity contribution in [2.45, 2.75) is 25.2 Å². The molecule has 0 aliphatic carbocycles. The highest BCUT2D eigenvalue weighted by atomic mass is 19.3. The van der Waals surface area contributed by atoms with Crippen LogP contribution in [0.4, 0.5) is 26.3 Å². The van der Waals surface area contributed by atoms with Gasteiger partial charge in [-0.15, -0.1) is 0 Å². The van der Waals surface area contributed by atoms with Gasteiger partial charge in [-0.1, -0.05) is 18.2 Å². The van der Waals surface area contributed by atoms with E-state index in [1.165, 1.54) is 0 Å². The average molecular weight is 286 g/mol. The van der Waals surface area contributed by atoms with Crippen LogP contribution in [0.2, 0.25) is 0 Å². The van der Waals surface area contributed by atoms with Gasteiger partial charge >= 0.3 is 5.97 Å². The maximum Gasteiger partial charge on any atom is 0.336 e. The van der Waals surface area contributed by atoms with Crippen molar-refractivity contribution in [1.82, 2.24) is 0 Å². The zero-order valence-corrected chi connectivity index (χ0v) is 9.16. The van der Waals surface area contributed by atoms with Crippen LogP contribution < -0.4 is 0 Å². The van der Waals surface area contributed by atoms with Gasteiger partial charge in [-0.3, -0.25) is 0 Å². The Kier molecular flexibility index (Phi) is 4.79. The topological polar surface area (TPSA) is 37.3 Å². The summed E-state index contributed by atoms with van der Waals surface area (Å²) < 4.78 is 75.4. The van der Waals surface area contributed by atoms with E-state index >= 15 is 0 Å². The quantitative estimate of drug-likeness (QED) is 0.832. The van der Waals surface area contributed by atoms with Crippen LogP contribution >= 0.6 is 0 Å². The van der Waals surface area contributed by atoms with Gasteiger partial charge < -0.3 is 5.11 Å². The molecule has 0 heterocycles. The summed E-state index contributed by atoms with van der Waals surface area (Å²) in [5, 5.41) is 8.78. The lowest BCUT2D eigenvalue weighted by molar-refractivity contribution is 0.0430. The monoisotopic (exact) mass is 286 g/mol. The summed E-state index contributed by atoms with van der Waals surface area (Å²) in [6, 6.07) is 2.24. The highest BCUT2D eigenvalue weighted by Crippen LogP contribution is 2.34. The predicted octanol–water partition coefficient (Wildman–Crippen LogP) is 3.94. The normalized spacial score (nSPS) is 14.7. The SMILES string of the molecule is O=C(O)c1c(C(F)C(F)F)cccc1C(F)C(F)F. The summed E-state index contributed by atoms with van der Waals surface area (Å²) in [5.41, 5.74) is -3.24. The van der Waals surface area contributed by atoms with Crippen molar-refractivity contribution >= 4 is 5.97 Å². The first kappa shape index (κ1) is 15.3. The summed E-state index contributed by atoms with van der Waals surface area (Å²) in [6.45, 7) is 0. The van der Waals surface area contributed by atoms with Crippen LogP contribution in [0.15, 0.2) is 18.2 Å². The Bertz CT molecular complexity index is 430. The second-order valence-corrected chi connectivity index (χ2v) is 3.59. The van der Waals surface area contributed by atoms with Crippen LogP contribution in [0.25, 0.3) is 0 Å². The van der Waals surface area contributed by atoms with E-state index in [9.17, 15) is 31.1 Å². The number of carboxylic acids is 1. The number of hydrogen-bond acceptors (Lipinski definition) is 1. The van der Waals surface area contributed by atoms with E-state index in [1.807, 2.05) is 0 Å². The molecule has 0 radical (unpaired) electrons. The molecular weight excluding hydrogens is 278 g/mol. The molecule has 19 heavy (non-hydrogen) atoms. The molecule has 1 aromatic carbocycles. The molecule has 0 spiro atoms. The Labute approximate surface area is 103 Å². The van der Waals surface area contributed by atoms with Gasteiger partial charge in [-0.05, 0) is 0 Å². The highest BCUT2D eigenvalue weighted by molar-refractivity contribution is 5.91. The number of benzene rings is 1. The molecule has 0 aliphatic rings. The Morgan fingerprint density at radius 1 is 0.895 bits per heavy atom. The molecule has 0 amide bonds. The molecule has 1 rings (SSSR count). The number of halogens is 6. The van der Waals surface area contributed by atoms with Crippen LogP contribution in [-0.4, -0.2) is 23.9 Å². The largest absolute Gasteiger partial charge is 0.478 e. The first-order chi connectivity index (χ1) is 8.77. The molecule has 0 bridgehead atoms. The summed E-state index contributed by atoms with van der Waals surface area (Å²) >= 11 is 0. The second kappa shape index (κ2) is 5.94. The predicted molar refractivity (Wildman–Crippen MR) is 53.1 cm³/mol. The van der Waals surface area contributed by atoms with Crippen molar-refractivity contribution in [2.24, 2.45) is 0 Å². The molecule has 1 N–H and O–H groups in total. The van der Waals surface area contributed by atoms with E-state index in [0.29, 0.717) is 12.1 Å². The van der Waals surface area contributed by atoms with E-state index in [2.05, 4.69) is 0 Å². The van der Waals surface area contributed by atoms with Gasteiger partial charge in [-0.25, -0.2) is 31.1 Å².